The Kier molecular flexibility index (Phi) is 6.15. The summed E-state index contributed by atoms with van der Waals surface area (Å²) in [4.78, 5) is 25.3. The van der Waals surface area contributed by atoms with Crippen LogP contribution >= 0.6 is 11.6 Å². The lowest BCUT2D eigenvalue weighted by Crippen LogP contribution is -2.34. The molecule has 0 unspecified atom stereocenters. The lowest BCUT2D eigenvalue weighted by Gasteiger charge is -2.29. The molecule has 0 bridgehead atoms. The second-order valence-electron chi connectivity index (χ2n) is 6.51. The number of allylic oxidation sites excluding steroid dienone is 2. The fraction of sp³-hybridized carbons (Fsp3) is 0.273. The molecular formula is C22H20ClFO4. The first-order valence-electron chi connectivity index (χ1n) is 8.95. The molecule has 1 aliphatic rings. The van der Waals surface area contributed by atoms with Crippen LogP contribution in [-0.2, 0) is 14.3 Å². The van der Waals surface area contributed by atoms with Crippen molar-refractivity contribution in [1.29, 1.82) is 0 Å². The Morgan fingerprint density at radius 3 is 2.54 bits per heavy atom. The van der Waals surface area contributed by atoms with Gasteiger partial charge in [0.05, 0.1) is 18.7 Å². The van der Waals surface area contributed by atoms with Crippen LogP contribution in [0.15, 0.2) is 48.5 Å². The van der Waals surface area contributed by atoms with Gasteiger partial charge in [0, 0.05) is 5.92 Å². The van der Waals surface area contributed by atoms with Crippen LogP contribution in [0, 0.1) is 11.7 Å². The Morgan fingerprint density at radius 1 is 1.21 bits per heavy atom. The highest BCUT2D eigenvalue weighted by Crippen LogP contribution is 2.41. The van der Waals surface area contributed by atoms with E-state index >= 15 is 0 Å². The molecule has 1 aliphatic carbocycles. The largest absolute Gasteiger partial charge is 0.497 e. The minimum atomic E-state index is -0.983. The molecule has 146 valence electrons. The average molecular weight is 403 g/mol. The molecule has 0 N–H and O–H groups in total. The summed E-state index contributed by atoms with van der Waals surface area (Å²) < 4.78 is 23.9. The molecule has 0 spiro atoms. The van der Waals surface area contributed by atoms with Gasteiger partial charge in [0.25, 0.3) is 0 Å². The van der Waals surface area contributed by atoms with Crippen molar-refractivity contribution in [3.05, 3.63) is 70.5 Å². The molecule has 0 saturated carbocycles. The molecule has 0 saturated heterocycles. The van der Waals surface area contributed by atoms with Gasteiger partial charge in [-0.1, -0.05) is 29.8 Å². The molecule has 2 atom stereocenters. The van der Waals surface area contributed by atoms with Gasteiger partial charge in [-0.15, -0.1) is 0 Å². The number of hydrogen-bond acceptors (Lipinski definition) is 4. The fourth-order valence-electron chi connectivity index (χ4n) is 3.45. The van der Waals surface area contributed by atoms with Gasteiger partial charge in [-0.2, -0.15) is 0 Å². The number of ether oxygens (including phenoxy) is 2. The summed E-state index contributed by atoms with van der Waals surface area (Å²) >= 11 is 5.94. The second-order valence-corrected chi connectivity index (χ2v) is 6.92. The van der Waals surface area contributed by atoms with Crippen molar-refractivity contribution in [2.75, 3.05) is 13.7 Å². The van der Waals surface area contributed by atoms with E-state index in [1.165, 1.54) is 18.2 Å². The Balaban J connectivity index is 2.02. The van der Waals surface area contributed by atoms with E-state index in [9.17, 15) is 14.0 Å². The molecule has 0 heterocycles. The third-order valence-electron chi connectivity index (χ3n) is 4.84. The predicted molar refractivity (Wildman–Crippen MR) is 105 cm³/mol. The van der Waals surface area contributed by atoms with Gasteiger partial charge in [-0.25, -0.2) is 4.39 Å². The summed E-state index contributed by atoms with van der Waals surface area (Å²) in [6.45, 7) is 1.86. The third kappa shape index (κ3) is 4.09. The quantitative estimate of drug-likeness (QED) is 0.532. The minimum absolute atomic E-state index is 0.0480. The van der Waals surface area contributed by atoms with Crippen molar-refractivity contribution < 1.29 is 23.5 Å². The Morgan fingerprint density at radius 2 is 1.93 bits per heavy atom. The third-order valence-corrected chi connectivity index (χ3v) is 5.13. The number of carbonyl (C=O) groups excluding carboxylic acids is 2. The number of halogens is 2. The van der Waals surface area contributed by atoms with Crippen molar-refractivity contribution >= 4 is 28.9 Å². The van der Waals surface area contributed by atoms with Crippen molar-refractivity contribution in [3.8, 4) is 5.75 Å². The summed E-state index contributed by atoms with van der Waals surface area (Å²) in [7, 11) is 1.58. The van der Waals surface area contributed by atoms with E-state index in [1.807, 2.05) is 24.3 Å². The first kappa shape index (κ1) is 20.1. The molecule has 0 aliphatic heterocycles. The number of methoxy groups -OCH3 is 1. The Labute approximate surface area is 167 Å². The lowest BCUT2D eigenvalue weighted by molar-refractivity contribution is -0.151. The van der Waals surface area contributed by atoms with Gasteiger partial charge in [0.1, 0.15) is 17.5 Å². The molecule has 4 nitrogen and oxygen atoms in total. The highest BCUT2D eigenvalue weighted by molar-refractivity contribution is 6.30. The second kappa shape index (κ2) is 8.57. The molecule has 0 amide bonds. The van der Waals surface area contributed by atoms with Gasteiger partial charge in [0.2, 0.25) is 0 Å². The number of esters is 1. The summed E-state index contributed by atoms with van der Waals surface area (Å²) in [5.74, 6) is -2.23. The molecule has 0 fully saturated rings. The van der Waals surface area contributed by atoms with Gasteiger partial charge < -0.3 is 9.47 Å². The maximum Gasteiger partial charge on any atom is 0.317 e. The van der Waals surface area contributed by atoms with Gasteiger partial charge >= 0.3 is 5.97 Å². The van der Waals surface area contributed by atoms with Gasteiger partial charge in [-0.3, -0.25) is 9.59 Å². The number of hydrogen-bond donors (Lipinski definition) is 0. The van der Waals surface area contributed by atoms with Crippen LogP contribution in [0.5, 0.6) is 5.75 Å². The predicted octanol–water partition coefficient (Wildman–Crippen LogP) is 4.81. The minimum Gasteiger partial charge on any atom is -0.497 e. The summed E-state index contributed by atoms with van der Waals surface area (Å²) in [5, 5.41) is -0.0480. The van der Waals surface area contributed by atoms with E-state index in [0.717, 1.165) is 11.1 Å². The number of ketones is 1. The van der Waals surface area contributed by atoms with Crippen molar-refractivity contribution in [2.45, 2.75) is 19.3 Å². The smallest absolute Gasteiger partial charge is 0.317 e. The van der Waals surface area contributed by atoms with E-state index < -0.39 is 23.6 Å². The van der Waals surface area contributed by atoms with E-state index in [1.54, 1.807) is 20.1 Å². The lowest BCUT2D eigenvalue weighted by atomic mass is 9.73. The zero-order valence-electron chi connectivity index (χ0n) is 15.6. The fourth-order valence-corrected chi connectivity index (χ4v) is 3.63. The van der Waals surface area contributed by atoms with E-state index in [-0.39, 0.29) is 17.4 Å². The van der Waals surface area contributed by atoms with Crippen LogP contribution in [0.2, 0.25) is 5.02 Å². The normalized spacial score (nSPS) is 19.1. The Hall–Kier alpha value is -2.66. The molecule has 28 heavy (non-hydrogen) atoms. The standard InChI is InChI=1S/C22H20ClFO4/c1-3-28-22(26)21-17(14-6-9-19(24)18(23)11-14)10-15(12-20(21)25)13-4-7-16(27-2)8-5-13/h4-9,11-12,17,21H,3,10H2,1-2H3/t17-,21-/m1/s1. The Bertz CT molecular complexity index is 921. The zero-order valence-corrected chi connectivity index (χ0v) is 16.3. The first-order chi connectivity index (χ1) is 13.4. The van der Waals surface area contributed by atoms with E-state index in [0.29, 0.717) is 17.7 Å². The van der Waals surface area contributed by atoms with E-state index in [2.05, 4.69) is 0 Å². The van der Waals surface area contributed by atoms with Crippen LogP contribution in [0.4, 0.5) is 4.39 Å². The molecule has 2 aromatic carbocycles. The molecule has 2 aromatic rings. The van der Waals surface area contributed by atoms with Crippen LogP contribution in [0.1, 0.15) is 30.4 Å². The highest BCUT2D eigenvalue weighted by Gasteiger charge is 2.40. The van der Waals surface area contributed by atoms with Crippen LogP contribution < -0.4 is 4.74 Å². The van der Waals surface area contributed by atoms with Gasteiger partial charge in [-0.05, 0) is 60.4 Å². The highest BCUT2D eigenvalue weighted by atomic mass is 35.5. The maximum absolute atomic E-state index is 13.6. The zero-order chi connectivity index (χ0) is 20.3. The number of benzene rings is 2. The molecular weight excluding hydrogens is 383 g/mol. The van der Waals surface area contributed by atoms with Crippen molar-refractivity contribution in [1.82, 2.24) is 0 Å². The molecule has 6 heteroatoms. The SMILES string of the molecule is CCOC(=O)[C@H]1C(=O)C=C(c2ccc(OC)cc2)C[C@@H]1c1ccc(F)c(Cl)c1. The van der Waals surface area contributed by atoms with Crippen molar-refractivity contribution in [3.63, 3.8) is 0 Å². The summed E-state index contributed by atoms with van der Waals surface area (Å²) in [6, 6.07) is 11.6. The molecule has 3 rings (SSSR count). The van der Waals surface area contributed by atoms with Crippen molar-refractivity contribution in [2.24, 2.45) is 5.92 Å². The van der Waals surface area contributed by atoms with E-state index in [4.69, 9.17) is 21.1 Å². The average Bonchev–Trinajstić information content (AvgIpc) is 2.69. The molecule has 0 aromatic heterocycles. The van der Waals surface area contributed by atoms with Crippen LogP contribution in [0.25, 0.3) is 5.57 Å². The molecule has 0 radical (unpaired) electrons. The first-order valence-corrected chi connectivity index (χ1v) is 9.32. The summed E-state index contributed by atoms with van der Waals surface area (Å²) in [5.41, 5.74) is 2.27. The van der Waals surface area contributed by atoms with Crippen LogP contribution in [-0.4, -0.2) is 25.5 Å². The van der Waals surface area contributed by atoms with Gasteiger partial charge in [0.15, 0.2) is 5.78 Å². The maximum atomic E-state index is 13.6. The topological polar surface area (TPSA) is 52.6 Å². The number of rotatable bonds is 5. The number of carbonyl (C=O) groups is 2. The van der Waals surface area contributed by atoms with Crippen LogP contribution in [0.3, 0.4) is 0 Å². The summed E-state index contributed by atoms with van der Waals surface area (Å²) in [6.07, 6.45) is 1.91. The monoisotopic (exact) mass is 402 g/mol.